The Labute approximate surface area is 160 Å². The van der Waals surface area contributed by atoms with Crippen molar-refractivity contribution < 1.29 is 14.6 Å². The lowest BCUT2D eigenvalue weighted by Gasteiger charge is -2.14. The minimum atomic E-state index is -0.865. The number of hydrogen-bond donors (Lipinski definition) is 1. The van der Waals surface area contributed by atoms with Gasteiger partial charge in [-0.25, -0.2) is 4.79 Å². The predicted molar refractivity (Wildman–Crippen MR) is 104 cm³/mol. The van der Waals surface area contributed by atoms with Crippen LogP contribution in [0.1, 0.15) is 22.8 Å². The van der Waals surface area contributed by atoms with E-state index >= 15 is 0 Å². The summed E-state index contributed by atoms with van der Waals surface area (Å²) in [6.07, 6.45) is 0.748. The molecule has 0 amide bonds. The number of benzene rings is 1. The van der Waals surface area contributed by atoms with Crippen LogP contribution in [0.4, 0.5) is 0 Å². The first-order valence-corrected chi connectivity index (χ1v) is 9.39. The van der Waals surface area contributed by atoms with Crippen LogP contribution >= 0.6 is 90.4 Å². The Bertz CT molecular complexity index is 474. The molecule has 0 aliphatic rings. The Balaban J connectivity index is 3.29. The van der Waals surface area contributed by atoms with Gasteiger partial charge in [0.2, 0.25) is 0 Å². The molecule has 0 saturated carbocycles. The third-order valence-electron chi connectivity index (χ3n) is 2.27. The summed E-state index contributed by atoms with van der Waals surface area (Å²) in [6, 6.07) is 0. The zero-order valence-corrected chi connectivity index (χ0v) is 18.0. The second-order valence-corrected chi connectivity index (χ2v) is 7.68. The van der Waals surface area contributed by atoms with E-state index in [1.54, 1.807) is 0 Å². The summed E-state index contributed by atoms with van der Waals surface area (Å²) in [5, 5.41) is 9.31. The van der Waals surface area contributed by atoms with E-state index in [1.807, 2.05) is 6.92 Å². The fourth-order valence-electron chi connectivity index (χ4n) is 1.41. The first-order chi connectivity index (χ1) is 8.41. The fraction of sp³-hybridized carbons (Fsp3) is 0.364. The maximum atomic E-state index is 11.3. The van der Waals surface area contributed by atoms with Gasteiger partial charge in [0.25, 0.3) is 0 Å². The number of carboxylic acid groups (broad SMARTS) is 1. The van der Waals surface area contributed by atoms with E-state index in [1.165, 1.54) is 0 Å². The molecule has 3 nitrogen and oxygen atoms in total. The van der Waals surface area contributed by atoms with E-state index in [2.05, 4.69) is 90.4 Å². The highest BCUT2D eigenvalue weighted by Crippen LogP contribution is 2.33. The largest absolute Gasteiger partial charge is 0.478 e. The minimum Gasteiger partial charge on any atom is -0.478 e. The molecule has 1 N–H and O–H groups in total. The number of rotatable bonds is 5. The van der Waals surface area contributed by atoms with Gasteiger partial charge in [-0.1, -0.05) is 0 Å². The highest BCUT2D eigenvalue weighted by atomic mass is 127. The van der Waals surface area contributed by atoms with Gasteiger partial charge in [0.05, 0.1) is 12.2 Å². The van der Waals surface area contributed by atoms with Crippen molar-refractivity contribution >= 4 is 96.3 Å². The zero-order chi connectivity index (χ0) is 13.9. The molecule has 0 saturated heterocycles. The van der Waals surface area contributed by atoms with Gasteiger partial charge in [-0.2, -0.15) is 0 Å². The van der Waals surface area contributed by atoms with Gasteiger partial charge in [-0.15, -0.1) is 0 Å². The number of aromatic carboxylic acids is 1. The molecule has 0 heterocycles. The van der Waals surface area contributed by atoms with E-state index < -0.39 is 5.97 Å². The van der Waals surface area contributed by atoms with Crippen LogP contribution in [0.5, 0.6) is 0 Å². The van der Waals surface area contributed by atoms with E-state index in [0.29, 0.717) is 18.8 Å². The van der Waals surface area contributed by atoms with Gasteiger partial charge in [0, 0.05) is 20.9 Å². The topological polar surface area (TPSA) is 46.5 Å². The second-order valence-electron chi connectivity index (χ2n) is 3.36. The van der Waals surface area contributed by atoms with Crippen molar-refractivity contribution in [2.24, 2.45) is 0 Å². The molecule has 18 heavy (non-hydrogen) atoms. The van der Waals surface area contributed by atoms with Crippen LogP contribution < -0.4 is 0 Å². The highest BCUT2D eigenvalue weighted by Gasteiger charge is 2.22. The zero-order valence-electron chi connectivity index (χ0n) is 9.40. The molecule has 0 fully saturated rings. The van der Waals surface area contributed by atoms with Crippen LogP contribution in [-0.2, 0) is 11.2 Å². The third kappa shape index (κ3) is 4.04. The molecule has 1 aromatic carbocycles. The summed E-state index contributed by atoms with van der Waals surface area (Å²) < 4.78 is 9.15. The van der Waals surface area contributed by atoms with Crippen molar-refractivity contribution in [3.8, 4) is 0 Å². The molecule has 0 aliphatic heterocycles. The van der Waals surface area contributed by atoms with Crippen LogP contribution in [0.3, 0.4) is 0 Å². The first-order valence-electron chi connectivity index (χ1n) is 5.07. The van der Waals surface area contributed by atoms with Crippen LogP contribution in [0, 0.1) is 14.3 Å². The van der Waals surface area contributed by atoms with E-state index in [9.17, 15) is 9.90 Å². The van der Waals surface area contributed by atoms with Crippen molar-refractivity contribution in [1.29, 1.82) is 0 Å². The van der Waals surface area contributed by atoms with Crippen LogP contribution in [0.25, 0.3) is 0 Å². The molecule has 0 aromatic heterocycles. The van der Waals surface area contributed by atoms with Crippen molar-refractivity contribution in [2.45, 2.75) is 13.3 Å². The molecule has 0 radical (unpaired) electrons. The fourth-order valence-corrected chi connectivity index (χ4v) is 6.17. The predicted octanol–water partition coefficient (Wildman–Crippen LogP) is 4.38. The molecule has 100 valence electrons. The first kappa shape index (κ1) is 17.6. The average Bonchev–Trinajstić information content (AvgIpc) is 2.30. The Morgan fingerprint density at radius 3 is 2.22 bits per heavy atom. The molecule has 1 rings (SSSR count). The van der Waals surface area contributed by atoms with Crippen LogP contribution in [0.15, 0.2) is 0 Å². The Kier molecular flexibility index (Phi) is 7.95. The maximum Gasteiger partial charge on any atom is 0.337 e. The normalized spacial score (nSPS) is 10.7. The molecule has 0 spiro atoms. The van der Waals surface area contributed by atoms with Crippen LogP contribution in [-0.4, -0.2) is 24.3 Å². The molecule has 0 unspecified atom stereocenters. The molecule has 0 atom stereocenters. The highest BCUT2D eigenvalue weighted by molar-refractivity contribution is 14.1. The summed E-state index contributed by atoms with van der Waals surface area (Å²) in [4.78, 5) is 11.3. The summed E-state index contributed by atoms with van der Waals surface area (Å²) in [7, 11) is 0. The van der Waals surface area contributed by atoms with Crippen molar-refractivity contribution in [2.75, 3.05) is 13.2 Å². The molecule has 0 aliphatic carbocycles. The summed E-state index contributed by atoms with van der Waals surface area (Å²) in [5.74, 6) is -0.865. The number of hydrogen-bond acceptors (Lipinski definition) is 2. The van der Waals surface area contributed by atoms with Gasteiger partial charge in [-0.3, -0.25) is 0 Å². The van der Waals surface area contributed by atoms with Crippen molar-refractivity contribution in [3.63, 3.8) is 0 Å². The lowest BCUT2D eigenvalue weighted by atomic mass is 10.1. The second kappa shape index (κ2) is 8.12. The maximum absolute atomic E-state index is 11.3. The number of carbonyl (C=O) groups is 1. The number of halogens is 4. The van der Waals surface area contributed by atoms with E-state index in [4.69, 9.17) is 4.74 Å². The Morgan fingerprint density at radius 1 is 1.11 bits per heavy atom. The van der Waals surface area contributed by atoms with Gasteiger partial charge < -0.3 is 9.84 Å². The van der Waals surface area contributed by atoms with Crippen LogP contribution in [0.2, 0.25) is 0 Å². The smallest absolute Gasteiger partial charge is 0.337 e. The quantitative estimate of drug-likeness (QED) is 0.215. The van der Waals surface area contributed by atoms with E-state index in [0.717, 1.165) is 26.3 Å². The minimum absolute atomic E-state index is 0.410. The lowest BCUT2D eigenvalue weighted by Crippen LogP contribution is -2.12. The lowest BCUT2D eigenvalue weighted by molar-refractivity contribution is 0.0694. The van der Waals surface area contributed by atoms with Crippen molar-refractivity contribution in [3.05, 3.63) is 25.4 Å². The molecule has 7 heteroatoms. The van der Waals surface area contributed by atoms with Gasteiger partial charge in [0.15, 0.2) is 0 Å². The summed E-state index contributed by atoms with van der Waals surface area (Å²) in [5.41, 5.74) is 1.49. The van der Waals surface area contributed by atoms with Crippen molar-refractivity contribution in [1.82, 2.24) is 0 Å². The number of carboxylic acids is 1. The summed E-state index contributed by atoms with van der Waals surface area (Å²) >= 11 is 8.72. The monoisotopic (exact) mass is 698 g/mol. The SMILES string of the molecule is CCOCCc1c(I)c(I)c(I)c(C(=O)O)c1I. The average molecular weight is 698 g/mol. The van der Waals surface area contributed by atoms with Gasteiger partial charge in [-0.05, 0) is 109 Å². The number of ether oxygens (including phenoxy) is 1. The molecule has 1 aromatic rings. The van der Waals surface area contributed by atoms with Gasteiger partial charge >= 0.3 is 5.97 Å². The summed E-state index contributed by atoms with van der Waals surface area (Å²) in [6.45, 7) is 3.26. The third-order valence-corrected chi connectivity index (χ3v) is 8.87. The van der Waals surface area contributed by atoms with Gasteiger partial charge in [0.1, 0.15) is 0 Å². The Hall–Kier alpha value is 1.57. The standard InChI is InChI=1S/C11H10I4O3/c1-2-18-4-3-5-7(12)6(11(16)17)9(14)10(15)8(5)13/h2-4H2,1H3,(H,16,17). The molecular weight excluding hydrogens is 688 g/mol. The van der Waals surface area contributed by atoms with E-state index in [-0.39, 0.29) is 0 Å². The molecule has 0 bridgehead atoms. The molecular formula is C11H10I4O3. The Morgan fingerprint density at radius 2 is 1.72 bits per heavy atom.